The lowest BCUT2D eigenvalue weighted by molar-refractivity contribution is -0.171. The molecule has 0 aromatic heterocycles. The summed E-state index contributed by atoms with van der Waals surface area (Å²) >= 11 is 0. The highest BCUT2D eigenvalue weighted by molar-refractivity contribution is 5.89. The summed E-state index contributed by atoms with van der Waals surface area (Å²) < 4.78 is 5.83. The molecular weight excluding hydrogens is 322 g/mol. The van der Waals surface area contributed by atoms with Gasteiger partial charge in [0.2, 0.25) is 17.7 Å². The second-order valence-corrected chi connectivity index (χ2v) is 8.62. The zero-order valence-electron chi connectivity index (χ0n) is 15.7. The topological polar surface area (TPSA) is 70.2 Å². The zero-order valence-corrected chi connectivity index (χ0v) is 15.7. The van der Waals surface area contributed by atoms with Crippen molar-refractivity contribution in [3.05, 3.63) is 0 Å². The molecule has 3 amide bonds. The number of morpholine rings is 1. The molecule has 25 heavy (non-hydrogen) atoms. The molecule has 0 radical (unpaired) electrons. The Labute approximate surface area is 149 Å². The average molecular weight is 351 g/mol. The van der Waals surface area contributed by atoms with Crippen LogP contribution in [0.15, 0.2) is 0 Å². The monoisotopic (exact) mass is 351 g/mol. The third-order valence-electron chi connectivity index (χ3n) is 5.72. The van der Waals surface area contributed by atoms with Crippen molar-refractivity contribution in [1.29, 1.82) is 0 Å². The minimum absolute atomic E-state index is 0.0101. The second-order valence-electron chi connectivity index (χ2n) is 8.62. The summed E-state index contributed by atoms with van der Waals surface area (Å²) in [5.41, 5.74) is -0.562. The van der Waals surface area contributed by atoms with Crippen LogP contribution in [0.25, 0.3) is 0 Å². The number of likely N-dealkylation sites (N-methyl/N-ethyl adjacent to an activating group) is 1. The lowest BCUT2D eigenvalue weighted by atomic mass is 9.88. The van der Waals surface area contributed by atoms with Gasteiger partial charge in [-0.05, 0) is 33.6 Å². The zero-order chi connectivity index (χ0) is 18.4. The molecule has 0 N–H and O–H groups in total. The number of piperidine rings is 1. The number of carbonyl (C=O) groups is 3. The number of carbonyl (C=O) groups excluding carboxylic acids is 3. The summed E-state index contributed by atoms with van der Waals surface area (Å²) in [6, 6.07) is 0. The molecule has 3 fully saturated rings. The van der Waals surface area contributed by atoms with Gasteiger partial charge in [-0.1, -0.05) is 0 Å². The molecule has 3 heterocycles. The van der Waals surface area contributed by atoms with E-state index in [9.17, 15) is 14.4 Å². The van der Waals surface area contributed by atoms with Crippen molar-refractivity contribution < 1.29 is 19.1 Å². The van der Waals surface area contributed by atoms with Crippen molar-refractivity contribution in [2.75, 3.05) is 39.8 Å². The summed E-state index contributed by atoms with van der Waals surface area (Å²) in [4.78, 5) is 42.1. The summed E-state index contributed by atoms with van der Waals surface area (Å²) in [5, 5.41) is 0. The van der Waals surface area contributed by atoms with Crippen molar-refractivity contribution in [3.63, 3.8) is 0 Å². The quantitative estimate of drug-likeness (QED) is 0.689. The highest BCUT2D eigenvalue weighted by Crippen LogP contribution is 2.32. The average Bonchev–Trinajstić information content (AvgIpc) is 2.94. The number of amides is 3. The van der Waals surface area contributed by atoms with Crippen LogP contribution < -0.4 is 0 Å². The van der Waals surface area contributed by atoms with Gasteiger partial charge in [-0.2, -0.15) is 0 Å². The first kappa shape index (κ1) is 18.2. The summed E-state index contributed by atoms with van der Waals surface area (Å²) in [6.45, 7) is 8.48. The van der Waals surface area contributed by atoms with Gasteiger partial charge in [-0.15, -0.1) is 0 Å². The van der Waals surface area contributed by atoms with Gasteiger partial charge in [0.1, 0.15) is 6.61 Å². The Morgan fingerprint density at radius 2 is 1.80 bits per heavy atom. The summed E-state index contributed by atoms with van der Waals surface area (Å²) in [6.07, 6.45) is 1.78. The molecule has 0 aromatic rings. The van der Waals surface area contributed by atoms with Crippen LogP contribution in [0.5, 0.6) is 0 Å². The van der Waals surface area contributed by atoms with E-state index in [2.05, 4.69) is 0 Å². The molecule has 1 unspecified atom stereocenters. The van der Waals surface area contributed by atoms with Gasteiger partial charge in [0.15, 0.2) is 0 Å². The highest BCUT2D eigenvalue weighted by Gasteiger charge is 2.45. The molecular formula is C18H29N3O4. The van der Waals surface area contributed by atoms with Crippen molar-refractivity contribution >= 4 is 17.7 Å². The molecule has 7 heteroatoms. The number of hydrogen-bond donors (Lipinski definition) is 0. The Balaban J connectivity index is 1.58. The lowest BCUT2D eigenvalue weighted by Gasteiger charge is -2.46. The number of hydrogen-bond acceptors (Lipinski definition) is 4. The van der Waals surface area contributed by atoms with E-state index in [1.54, 1.807) is 11.9 Å². The fourth-order valence-corrected chi connectivity index (χ4v) is 4.11. The first-order chi connectivity index (χ1) is 11.6. The maximum atomic E-state index is 12.8. The van der Waals surface area contributed by atoms with E-state index in [0.717, 1.165) is 12.8 Å². The second kappa shape index (κ2) is 6.27. The molecule has 0 aliphatic carbocycles. The maximum absolute atomic E-state index is 12.8. The van der Waals surface area contributed by atoms with E-state index in [1.165, 1.54) is 0 Å². The fraction of sp³-hybridized carbons (Fsp3) is 0.833. The molecule has 1 atom stereocenters. The molecule has 3 rings (SSSR count). The van der Waals surface area contributed by atoms with Crippen LogP contribution in [-0.2, 0) is 19.1 Å². The van der Waals surface area contributed by atoms with Crippen LogP contribution in [0.1, 0.15) is 40.0 Å². The Morgan fingerprint density at radius 3 is 2.32 bits per heavy atom. The Hall–Kier alpha value is -1.63. The van der Waals surface area contributed by atoms with Crippen molar-refractivity contribution in [3.8, 4) is 0 Å². The number of likely N-dealkylation sites (tertiary alicyclic amines) is 2. The normalized spacial score (nSPS) is 27.4. The van der Waals surface area contributed by atoms with Gasteiger partial charge in [0.05, 0.1) is 11.5 Å². The summed E-state index contributed by atoms with van der Waals surface area (Å²) in [7, 11) is 1.80. The van der Waals surface area contributed by atoms with E-state index in [-0.39, 0.29) is 41.4 Å². The van der Waals surface area contributed by atoms with Crippen LogP contribution in [0.2, 0.25) is 0 Å². The van der Waals surface area contributed by atoms with Gasteiger partial charge >= 0.3 is 0 Å². The predicted molar refractivity (Wildman–Crippen MR) is 91.7 cm³/mol. The lowest BCUT2D eigenvalue weighted by Crippen LogP contribution is -2.58. The van der Waals surface area contributed by atoms with Gasteiger partial charge in [0, 0.05) is 45.2 Å². The largest absolute Gasteiger partial charge is 0.363 e. The Morgan fingerprint density at radius 1 is 1.16 bits per heavy atom. The summed E-state index contributed by atoms with van der Waals surface area (Å²) in [5.74, 6) is -0.0848. The minimum Gasteiger partial charge on any atom is -0.363 e. The van der Waals surface area contributed by atoms with Crippen molar-refractivity contribution in [2.45, 2.75) is 51.2 Å². The molecule has 0 saturated carbocycles. The SMILES string of the molecule is CN1CC2(CCN(C(=O)C3CC(=O)N(C(C)(C)C)C3)CC2)OCC1=O. The maximum Gasteiger partial charge on any atom is 0.248 e. The molecule has 7 nitrogen and oxygen atoms in total. The van der Waals surface area contributed by atoms with E-state index < -0.39 is 0 Å². The minimum atomic E-state index is -0.317. The van der Waals surface area contributed by atoms with E-state index in [1.807, 2.05) is 30.6 Å². The predicted octanol–water partition coefficient (Wildman–Crippen LogP) is 0.483. The first-order valence-corrected chi connectivity index (χ1v) is 9.08. The number of nitrogens with zero attached hydrogens (tertiary/aromatic N) is 3. The standard InChI is InChI=1S/C18H29N3O4/c1-17(2,3)21-10-13(9-14(21)22)16(24)20-7-5-18(6-8-20)12-19(4)15(23)11-25-18/h13H,5-12H2,1-4H3. The van der Waals surface area contributed by atoms with Crippen LogP contribution in [0.4, 0.5) is 0 Å². The van der Waals surface area contributed by atoms with Gasteiger partial charge in [-0.25, -0.2) is 0 Å². The molecule has 0 bridgehead atoms. The fourth-order valence-electron chi connectivity index (χ4n) is 4.11. The van der Waals surface area contributed by atoms with Crippen molar-refractivity contribution in [1.82, 2.24) is 14.7 Å². The molecule has 3 aliphatic rings. The van der Waals surface area contributed by atoms with Crippen molar-refractivity contribution in [2.24, 2.45) is 5.92 Å². The van der Waals surface area contributed by atoms with Crippen LogP contribution >= 0.6 is 0 Å². The molecule has 1 spiro atoms. The van der Waals surface area contributed by atoms with Gasteiger partial charge < -0.3 is 19.4 Å². The van der Waals surface area contributed by atoms with Gasteiger partial charge in [-0.3, -0.25) is 14.4 Å². The van der Waals surface area contributed by atoms with Crippen LogP contribution in [-0.4, -0.2) is 83.4 Å². The number of ether oxygens (including phenoxy) is 1. The van der Waals surface area contributed by atoms with Crippen LogP contribution in [0, 0.1) is 5.92 Å². The number of rotatable bonds is 1. The third-order valence-corrected chi connectivity index (χ3v) is 5.72. The molecule has 3 saturated heterocycles. The smallest absolute Gasteiger partial charge is 0.248 e. The third kappa shape index (κ3) is 3.52. The van der Waals surface area contributed by atoms with E-state index in [4.69, 9.17) is 4.74 Å². The van der Waals surface area contributed by atoms with Crippen LogP contribution in [0.3, 0.4) is 0 Å². The Kier molecular flexibility index (Phi) is 4.56. The molecule has 3 aliphatic heterocycles. The van der Waals surface area contributed by atoms with Gasteiger partial charge in [0.25, 0.3) is 0 Å². The van der Waals surface area contributed by atoms with E-state index >= 15 is 0 Å². The Bertz CT molecular complexity index is 575. The highest BCUT2D eigenvalue weighted by atomic mass is 16.5. The van der Waals surface area contributed by atoms with E-state index in [0.29, 0.717) is 32.6 Å². The first-order valence-electron chi connectivity index (χ1n) is 9.08. The molecule has 140 valence electrons. The molecule has 0 aromatic carbocycles.